The van der Waals surface area contributed by atoms with Crippen molar-refractivity contribution in [3.05, 3.63) is 53.9 Å². The van der Waals surface area contributed by atoms with E-state index in [4.69, 9.17) is 4.74 Å². The van der Waals surface area contributed by atoms with E-state index < -0.39 is 5.60 Å². The Labute approximate surface area is 125 Å². The topological polar surface area (TPSA) is 43.3 Å². The summed E-state index contributed by atoms with van der Waals surface area (Å²) in [5, 5.41) is 3.31. The molecule has 112 valence electrons. The second-order valence-corrected chi connectivity index (χ2v) is 6.12. The number of carbonyl (C=O) groups excluding carboxylic acids is 1. The molecule has 0 bridgehead atoms. The molecule has 0 radical (unpaired) electrons. The quantitative estimate of drug-likeness (QED) is 0.873. The molecule has 21 heavy (non-hydrogen) atoms. The zero-order valence-corrected chi connectivity index (χ0v) is 13.0. The molecule has 0 aliphatic carbocycles. The molecule has 0 unspecified atom stereocenters. The average molecular weight is 286 g/mol. The van der Waals surface area contributed by atoms with Crippen LogP contribution in [-0.4, -0.2) is 16.1 Å². The van der Waals surface area contributed by atoms with Gasteiger partial charge in [-0.3, -0.25) is 0 Å². The molecule has 2 aromatic rings. The number of hydrogen-bond acceptors (Lipinski definition) is 3. The van der Waals surface area contributed by atoms with Gasteiger partial charge in [-0.15, -0.1) is 0 Å². The Bertz CT molecular complexity index is 624. The monoisotopic (exact) mass is 286 g/mol. The Balaban J connectivity index is 2.02. The van der Waals surface area contributed by atoms with Crippen LogP contribution in [0.15, 0.2) is 42.7 Å². The molecule has 2 rings (SSSR count). The number of aromatic nitrogens is 1. The normalized spacial score (nSPS) is 11.2. The Morgan fingerprint density at radius 3 is 2.67 bits per heavy atom. The predicted octanol–water partition coefficient (Wildman–Crippen LogP) is 3.59. The summed E-state index contributed by atoms with van der Waals surface area (Å²) in [6.45, 7) is 6.31. The number of carbonyl (C=O) groups is 1. The molecular weight excluding hydrogens is 264 g/mol. The van der Waals surface area contributed by atoms with E-state index >= 15 is 0 Å². The van der Waals surface area contributed by atoms with Gasteiger partial charge in [0.25, 0.3) is 0 Å². The maximum atomic E-state index is 12.0. The number of nitrogens with zero attached hydrogens (tertiary/aromatic N) is 1. The third kappa shape index (κ3) is 4.67. The molecule has 0 saturated carbocycles. The van der Waals surface area contributed by atoms with Gasteiger partial charge in [0.1, 0.15) is 5.60 Å². The predicted molar refractivity (Wildman–Crippen MR) is 84.4 cm³/mol. The minimum atomic E-state index is -0.482. The van der Waals surface area contributed by atoms with E-state index in [9.17, 15) is 4.79 Å². The lowest BCUT2D eigenvalue weighted by Crippen LogP contribution is -2.23. The number of nitrogens with one attached hydrogen (secondary N) is 1. The average Bonchev–Trinajstić information content (AvgIpc) is 2.81. The third-order valence-electron chi connectivity index (χ3n) is 2.89. The van der Waals surface area contributed by atoms with E-state index in [1.54, 1.807) is 6.07 Å². The highest BCUT2D eigenvalue weighted by Crippen LogP contribution is 2.16. The highest BCUT2D eigenvalue weighted by molar-refractivity contribution is 5.90. The van der Waals surface area contributed by atoms with Crippen LogP contribution in [0.25, 0.3) is 0 Å². The van der Waals surface area contributed by atoms with Crippen LogP contribution in [-0.2, 0) is 18.3 Å². The van der Waals surface area contributed by atoms with Gasteiger partial charge >= 0.3 is 5.97 Å². The molecular formula is C17H22N2O2. The zero-order chi connectivity index (χ0) is 15.5. The van der Waals surface area contributed by atoms with E-state index in [0.717, 1.165) is 12.2 Å². The van der Waals surface area contributed by atoms with Crippen LogP contribution >= 0.6 is 0 Å². The Morgan fingerprint density at radius 2 is 2.05 bits per heavy atom. The Kier molecular flexibility index (Phi) is 4.36. The lowest BCUT2D eigenvalue weighted by molar-refractivity contribution is 0.00696. The van der Waals surface area contributed by atoms with Crippen LogP contribution in [0.1, 0.15) is 36.7 Å². The molecule has 0 aliphatic rings. The molecule has 1 N–H and O–H groups in total. The second-order valence-electron chi connectivity index (χ2n) is 6.12. The summed E-state index contributed by atoms with van der Waals surface area (Å²) in [4.78, 5) is 12.0. The summed E-state index contributed by atoms with van der Waals surface area (Å²) >= 11 is 0. The van der Waals surface area contributed by atoms with Crippen molar-refractivity contribution >= 4 is 11.7 Å². The highest BCUT2D eigenvalue weighted by Gasteiger charge is 2.17. The van der Waals surface area contributed by atoms with E-state index in [0.29, 0.717) is 5.56 Å². The first-order chi connectivity index (χ1) is 9.83. The van der Waals surface area contributed by atoms with Crippen LogP contribution in [0.5, 0.6) is 0 Å². The standard InChI is InChI=1S/C17H22N2O2/c1-17(2,3)21-16(20)14-6-5-7-15(10-14)18-11-13-8-9-19(4)12-13/h5-10,12,18H,11H2,1-4H3. The Morgan fingerprint density at radius 1 is 1.29 bits per heavy atom. The van der Waals surface area contributed by atoms with Crippen molar-refractivity contribution in [2.45, 2.75) is 32.9 Å². The number of benzene rings is 1. The summed E-state index contributed by atoms with van der Waals surface area (Å²) in [6.07, 6.45) is 4.07. The van der Waals surface area contributed by atoms with Gasteiger partial charge in [0.15, 0.2) is 0 Å². The number of esters is 1. The van der Waals surface area contributed by atoms with Gasteiger partial charge in [0, 0.05) is 31.7 Å². The van der Waals surface area contributed by atoms with Gasteiger partial charge in [-0.2, -0.15) is 0 Å². The summed E-state index contributed by atoms with van der Waals surface area (Å²) < 4.78 is 7.38. The fourth-order valence-electron chi connectivity index (χ4n) is 1.96. The molecule has 0 spiro atoms. The molecule has 1 aromatic carbocycles. The number of ether oxygens (including phenoxy) is 1. The van der Waals surface area contributed by atoms with E-state index in [1.165, 1.54) is 5.56 Å². The molecule has 4 heteroatoms. The zero-order valence-electron chi connectivity index (χ0n) is 13.0. The molecule has 4 nitrogen and oxygen atoms in total. The van der Waals surface area contributed by atoms with Crippen LogP contribution in [0, 0.1) is 0 Å². The minimum Gasteiger partial charge on any atom is -0.456 e. The molecule has 0 saturated heterocycles. The second kappa shape index (κ2) is 6.04. The summed E-state index contributed by atoms with van der Waals surface area (Å²) in [5.41, 5.74) is 2.18. The smallest absolute Gasteiger partial charge is 0.338 e. The number of rotatable bonds is 4. The van der Waals surface area contributed by atoms with Gasteiger partial charge in [0.05, 0.1) is 5.56 Å². The molecule has 0 amide bonds. The third-order valence-corrected chi connectivity index (χ3v) is 2.89. The molecule has 0 aliphatic heterocycles. The summed E-state index contributed by atoms with van der Waals surface area (Å²) in [7, 11) is 1.99. The van der Waals surface area contributed by atoms with Crippen LogP contribution in [0.4, 0.5) is 5.69 Å². The minimum absolute atomic E-state index is 0.300. The van der Waals surface area contributed by atoms with Crippen LogP contribution in [0.2, 0.25) is 0 Å². The van der Waals surface area contributed by atoms with Crippen LogP contribution in [0.3, 0.4) is 0 Å². The molecule has 0 atom stereocenters. The van der Waals surface area contributed by atoms with Crippen molar-refractivity contribution in [1.82, 2.24) is 4.57 Å². The first-order valence-corrected chi connectivity index (χ1v) is 7.02. The fourth-order valence-corrected chi connectivity index (χ4v) is 1.96. The number of hydrogen-bond donors (Lipinski definition) is 1. The Hall–Kier alpha value is -2.23. The van der Waals surface area contributed by atoms with Gasteiger partial charge in [-0.05, 0) is 50.6 Å². The summed E-state index contributed by atoms with van der Waals surface area (Å²) in [5.74, 6) is -0.300. The van der Waals surface area contributed by atoms with E-state index in [2.05, 4.69) is 17.6 Å². The molecule has 0 fully saturated rings. The van der Waals surface area contributed by atoms with Crippen molar-refractivity contribution in [2.75, 3.05) is 5.32 Å². The molecule has 1 aromatic heterocycles. The largest absolute Gasteiger partial charge is 0.456 e. The highest BCUT2D eigenvalue weighted by atomic mass is 16.6. The lowest BCUT2D eigenvalue weighted by atomic mass is 10.1. The van der Waals surface area contributed by atoms with Gasteiger partial charge in [-0.1, -0.05) is 6.07 Å². The van der Waals surface area contributed by atoms with Crippen molar-refractivity contribution in [2.24, 2.45) is 7.05 Å². The van der Waals surface area contributed by atoms with Crippen molar-refractivity contribution in [3.63, 3.8) is 0 Å². The summed E-state index contributed by atoms with van der Waals surface area (Å²) in [6, 6.07) is 9.44. The van der Waals surface area contributed by atoms with E-state index in [-0.39, 0.29) is 5.97 Å². The number of aryl methyl sites for hydroxylation is 1. The van der Waals surface area contributed by atoms with Gasteiger partial charge in [0.2, 0.25) is 0 Å². The molecule has 1 heterocycles. The van der Waals surface area contributed by atoms with Crippen molar-refractivity contribution < 1.29 is 9.53 Å². The first kappa shape index (κ1) is 15.2. The number of anilines is 1. The lowest BCUT2D eigenvalue weighted by Gasteiger charge is -2.19. The van der Waals surface area contributed by atoms with Crippen LogP contribution < -0.4 is 5.32 Å². The maximum absolute atomic E-state index is 12.0. The van der Waals surface area contributed by atoms with E-state index in [1.807, 2.05) is 56.8 Å². The van der Waals surface area contributed by atoms with Crippen molar-refractivity contribution in [1.29, 1.82) is 0 Å². The SMILES string of the molecule is Cn1ccc(CNc2cccc(C(=O)OC(C)(C)C)c2)c1. The fraction of sp³-hybridized carbons (Fsp3) is 0.353. The first-order valence-electron chi connectivity index (χ1n) is 7.02. The van der Waals surface area contributed by atoms with Crippen molar-refractivity contribution in [3.8, 4) is 0 Å². The van der Waals surface area contributed by atoms with Gasteiger partial charge < -0.3 is 14.6 Å². The maximum Gasteiger partial charge on any atom is 0.338 e. The van der Waals surface area contributed by atoms with Gasteiger partial charge in [-0.25, -0.2) is 4.79 Å².